The third-order valence-corrected chi connectivity index (χ3v) is 4.08. The normalized spacial score (nSPS) is 11.6. The molecule has 120 valence electrons. The first kappa shape index (κ1) is 17.2. The van der Waals surface area contributed by atoms with E-state index in [1.165, 1.54) is 5.56 Å². The second-order valence-corrected chi connectivity index (χ2v) is 6.06. The van der Waals surface area contributed by atoms with E-state index in [2.05, 4.69) is 36.6 Å². The number of hydrogen-bond donors (Lipinski definition) is 2. The molecule has 0 fully saturated rings. The molecule has 2 rings (SSSR count). The summed E-state index contributed by atoms with van der Waals surface area (Å²) in [6, 6.07) is 15.6. The number of thiocarbonyl (C=S) groups is 1. The van der Waals surface area contributed by atoms with Gasteiger partial charge in [-0.25, -0.2) is 0 Å². The Kier molecular flexibility index (Phi) is 5.88. The number of benzene rings is 2. The molecule has 0 spiro atoms. The van der Waals surface area contributed by atoms with Crippen molar-refractivity contribution in [3.8, 4) is 0 Å². The maximum absolute atomic E-state index is 11.4. The molecule has 1 atom stereocenters. The number of rotatable bonds is 5. The summed E-state index contributed by atoms with van der Waals surface area (Å²) in [5, 5.41) is 6.76. The smallest absolute Gasteiger partial charge is 0.175 e. The van der Waals surface area contributed by atoms with Crippen molar-refractivity contribution < 1.29 is 4.79 Å². The van der Waals surface area contributed by atoms with Crippen molar-refractivity contribution in [2.24, 2.45) is 0 Å². The third kappa shape index (κ3) is 4.89. The molecule has 0 aliphatic rings. The van der Waals surface area contributed by atoms with Gasteiger partial charge >= 0.3 is 0 Å². The van der Waals surface area contributed by atoms with Gasteiger partial charge in [0.2, 0.25) is 0 Å². The summed E-state index contributed by atoms with van der Waals surface area (Å²) in [6.07, 6.45) is 1.12. The fourth-order valence-corrected chi connectivity index (χ4v) is 2.48. The van der Waals surface area contributed by atoms with Crippen LogP contribution in [0.2, 0.25) is 0 Å². The molecule has 0 amide bonds. The van der Waals surface area contributed by atoms with Crippen molar-refractivity contribution in [3.63, 3.8) is 0 Å². The number of anilines is 2. The first-order valence-electron chi connectivity index (χ1n) is 7.78. The van der Waals surface area contributed by atoms with E-state index in [0.29, 0.717) is 16.6 Å². The van der Waals surface area contributed by atoms with Gasteiger partial charge in [-0.05, 0) is 61.3 Å². The molecule has 0 saturated carbocycles. The molecule has 0 bridgehead atoms. The first-order chi connectivity index (χ1) is 11.0. The monoisotopic (exact) mass is 326 g/mol. The van der Waals surface area contributed by atoms with Crippen LogP contribution in [0.4, 0.5) is 11.4 Å². The molecule has 0 aliphatic heterocycles. The van der Waals surface area contributed by atoms with E-state index in [0.717, 1.165) is 17.8 Å². The molecule has 0 heterocycles. The highest BCUT2D eigenvalue weighted by molar-refractivity contribution is 7.80. The Balaban J connectivity index is 1.99. The summed E-state index contributed by atoms with van der Waals surface area (Å²) in [5.74, 6) is 0.594. The average molecular weight is 326 g/mol. The molecule has 2 aromatic rings. The molecule has 3 nitrogen and oxygen atoms in total. The number of nitrogens with one attached hydrogen (secondary N) is 2. The quantitative estimate of drug-likeness (QED) is 0.584. The molecule has 23 heavy (non-hydrogen) atoms. The zero-order valence-corrected chi connectivity index (χ0v) is 14.5. The van der Waals surface area contributed by atoms with Crippen LogP contribution in [0.5, 0.6) is 0 Å². The summed E-state index contributed by atoms with van der Waals surface area (Å²) in [7, 11) is 0. The highest BCUT2D eigenvalue weighted by Gasteiger charge is 2.05. The number of hydrogen-bond acceptors (Lipinski definition) is 2. The van der Waals surface area contributed by atoms with Gasteiger partial charge in [0.15, 0.2) is 10.9 Å². The van der Waals surface area contributed by atoms with Gasteiger partial charge in [0.25, 0.3) is 0 Å². The summed E-state index contributed by atoms with van der Waals surface area (Å²) >= 11 is 5.33. The van der Waals surface area contributed by atoms with Gasteiger partial charge in [-0.1, -0.05) is 38.1 Å². The van der Waals surface area contributed by atoms with Gasteiger partial charge in [0.1, 0.15) is 0 Å². The number of carbonyl (C=O) groups is 1. The van der Waals surface area contributed by atoms with Crippen LogP contribution in [0.15, 0.2) is 48.5 Å². The van der Waals surface area contributed by atoms with Crippen LogP contribution in [-0.4, -0.2) is 10.9 Å². The van der Waals surface area contributed by atoms with Crippen molar-refractivity contribution in [1.29, 1.82) is 0 Å². The lowest BCUT2D eigenvalue weighted by atomic mass is 9.99. The lowest BCUT2D eigenvalue weighted by molar-refractivity contribution is 0.101. The summed E-state index contributed by atoms with van der Waals surface area (Å²) in [5.41, 5.74) is 3.73. The molecular weight excluding hydrogens is 304 g/mol. The minimum absolute atomic E-state index is 0.0353. The molecular formula is C19H22N2OS. The topological polar surface area (TPSA) is 41.1 Å². The van der Waals surface area contributed by atoms with Crippen LogP contribution in [0.1, 0.15) is 49.0 Å². The second kappa shape index (κ2) is 7.88. The predicted molar refractivity (Wildman–Crippen MR) is 101 cm³/mol. The molecule has 0 radical (unpaired) electrons. The minimum Gasteiger partial charge on any atom is -0.332 e. The maximum Gasteiger partial charge on any atom is 0.175 e. The summed E-state index contributed by atoms with van der Waals surface area (Å²) in [4.78, 5) is 11.4. The zero-order valence-electron chi connectivity index (χ0n) is 13.7. The standard InChI is InChI=1S/C19H22N2OS/c1-4-13(2)15-8-10-17(11-9-15)20-19(23)21-18-7-5-6-16(12-18)14(3)22/h5-13H,4H2,1-3H3,(H2,20,21,23). The Labute approximate surface area is 143 Å². The maximum atomic E-state index is 11.4. The van der Waals surface area contributed by atoms with Gasteiger partial charge in [-0.15, -0.1) is 0 Å². The van der Waals surface area contributed by atoms with Crippen LogP contribution in [0, 0.1) is 0 Å². The molecule has 4 heteroatoms. The molecule has 1 unspecified atom stereocenters. The van der Waals surface area contributed by atoms with Gasteiger partial charge < -0.3 is 10.6 Å². The summed E-state index contributed by atoms with van der Waals surface area (Å²) < 4.78 is 0. The molecule has 0 aliphatic carbocycles. The Morgan fingerprint density at radius 3 is 2.35 bits per heavy atom. The van der Waals surface area contributed by atoms with Crippen molar-refractivity contribution in [3.05, 3.63) is 59.7 Å². The van der Waals surface area contributed by atoms with Crippen LogP contribution in [0.25, 0.3) is 0 Å². The van der Waals surface area contributed by atoms with E-state index >= 15 is 0 Å². The second-order valence-electron chi connectivity index (χ2n) is 5.65. The fourth-order valence-electron chi connectivity index (χ4n) is 2.24. The minimum atomic E-state index is 0.0353. The van der Waals surface area contributed by atoms with E-state index < -0.39 is 0 Å². The Morgan fingerprint density at radius 1 is 1.09 bits per heavy atom. The van der Waals surface area contributed by atoms with Crippen molar-refractivity contribution >= 4 is 34.5 Å². The predicted octanol–water partition coefficient (Wildman–Crippen LogP) is 5.21. The highest BCUT2D eigenvalue weighted by Crippen LogP contribution is 2.20. The first-order valence-corrected chi connectivity index (χ1v) is 8.19. The Bertz CT molecular complexity index is 695. The van der Waals surface area contributed by atoms with Crippen LogP contribution in [-0.2, 0) is 0 Å². The zero-order chi connectivity index (χ0) is 16.8. The largest absolute Gasteiger partial charge is 0.332 e. The van der Waals surface area contributed by atoms with Crippen molar-refractivity contribution in [2.75, 3.05) is 10.6 Å². The van der Waals surface area contributed by atoms with Gasteiger partial charge in [-0.3, -0.25) is 4.79 Å². The van der Waals surface area contributed by atoms with Crippen LogP contribution >= 0.6 is 12.2 Å². The molecule has 0 aromatic heterocycles. The van der Waals surface area contributed by atoms with E-state index in [1.54, 1.807) is 19.1 Å². The lowest BCUT2D eigenvalue weighted by Crippen LogP contribution is -2.19. The van der Waals surface area contributed by atoms with E-state index in [1.807, 2.05) is 24.3 Å². The number of Topliss-reactive ketones (excluding diaryl/α,β-unsaturated/α-hetero) is 1. The van der Waals surface area contributed by atoms with Crippen LogP contribution in [0.3, 0.4) is 0 Å². The Hall–Kier alpha value is -2.20. The van der Waals surface area contributed by atoms with Crippen LogP contribution < -0.4 is 10.6 Å². The van der Waals surface area contributed by atoms with E-state index in [-0.39, 0.29) is 5.78 Å². The Morgan fingerprint density at radius 2 is 1.74 bits per heavy atom. The van der Waals surface area contributed by atoms with Gasteiger partial charge in [-0.2, -0.15) is 0 Å². The fraction of sp³-hybridized carbons (Fsp3) is 0.263. The average Bonchev–Trinajstić information content (AvgIpc) is 2.55. The van der Waals surface area contributed by atoms with Crippen molar-refractivity contribution in [1.82, 2.24) is 0 Å². The van der Waals surface area contributed by atoms with Crippen molar-refractivity contribution in [2.45, 2.75) is 33.1 Å². The molecule has 2 N–H and O–H groups in total. The van der Waals surface area contributed by atoms with E-state index in [9.17, 15) is 4.79 Å². The number of ketones is 1. The molecule has 2 aromatic carbocycles. The van der Waals surface area contributed by atoms with Gasteiger partial charge in [0.05, 0.1) is 0 Å². The van der Waals surface area contributed by atoms with Gasteiger partial charge in [0, 0.05) is 16.9 Å². The highest BCUT2D eigenvalue weighted by atomic mass is 32.1. The third-order valence-electron chi connectivity index (χ3n) is 3.88. The molecule has 0 saturated heterocycles. The number of carbonyl (C=O) groups excluding carboxylic acids is 1. The lowest BCUT2D eigenvalue weighted by Gasteiger charge is -2.13. The summed E-state index contributed by atoms with van der Waals surface area (Å²) in [6.45, 7) is 5.95. The van der Waals surface area contributed by atoms with E-state index in [4.69, 9.17) is 12.2 Å². The SMILES string of the molecule is CCC(C)c1ccc(NC(=S)Nc2cccc(C(C)=O)c2)cc1.